The van der Waals surface area contributed by atoms with Crippen LogP contribution in [-0.2, 0) is 11.2 Å². The number of para-hydroxylation sites is 1. The summed E-state index contributed by atoms with van der Waals surface area (Å²) in [6.07, 6.45) is 2.00. The molecular weight excluding hydrogens is 232 g/mol. The molecule has 3 N–H and O–H groups in total. The summed E-state index contributed by atoms with van der Waals surface area (Å²) in [5.74, 6) is -0.860. The number of carbonyl (C=O) groups is 2. The van der Waals surface area contributed by atoms with Crippen LogP contribution >= 0.6 is 0 Å². The van der Waals surface area contributed by atoms with Crippen LogP contribution in [0.3, 0.4) is 0 Å². The molecule has 0 aliphatic heterocycles. The van der Waals surface area contributed by atoms with Crippen LogP contribution < -0.4 is 10.6 Å². The summed E-state index contributed by atoms with van der Waals surface area (Å²) in [6.45, 7) is 3.88. The predicted molar refractivity (Wildman–Crippen MR) is 69.6 cm³/mol. The summed E-state index contributed by atoms with van der Waals surface area (Å²) in [5.41, 5.74) is 1.42. The SMILES string of the molecule is C=CCNC(=O)Nc1ccccc1CCC(=O)O. The Morgan fingerprint density at radius 3 is 2.72 bits per heavy atom. The van der Waals surface area contributed by atoms with Crippen LogP contribution in [0.2, 0.25) is 0 Å². The van der Waals surface area contributed by atoms with Crippen LogP contribution in [0.4, 0.5) is 10.5 Å². The van der Waals surface area contributed by atoms with E-state index in [1.54, 1.807) is 24.3 Å². The normalized spacial score (nSPS) is 9.56. The molecule has 0 radical (unpaired) electrons. The minimum absolute atomic E-state index is 0.0347. The number of carboxylic acids is 1. The van der Waals surface area contributed by atoms with E-state index in [-0.39, 0.29) is 12.5 Å². The number of carbonyl (C=O) groups excluding carboxylic acids is 1. The average molecular weight is 248 g/mol. The Bertz CT molecular complexity index is 444. The Hall–Kier alpha value is -2.30. The van der Waals surface area contributed by atoms with Crippen molar-refractivity contribution in [3.63, 3.8) is 0 Å². The van der Waals surface area contributed by atoms with Crippen molar-refractivity contribution in [2.45, 2.75) is 12.8 Å². The summed E-state index contributed by atoms with van der Waals surface area (Å²) in [7, 11) is 0. The Morgan fingerprint density at radius 2 is 2.06 bits per heavy atom. The van der Waals surface area contributed by atoms with E-state index in [0.29, 0.717) is 18.7 Å². The molecular formula is C13H16N2O3. The number of carboxylic acid groups (broad SMARTS) is 1. The molecule has 0 aromatic heterocycles. The molecule has 18 heavy (non-hydrogen) atoms. The summed E-state index contributed by atoms with van der Waals surface area (Å²) in [5, 5.41) is 13.9. The topological polar surface area (TPSA) is 78.4 Å². The van der Waals surface area contributed by atoms with E-state index >= 15 is 0 Å². The lowest BCUT2D eigenvalue weighted by Gasteiger charge is -2.10. The highest BCUT2D eigenvalue weighted by Crippen LogP contribution is 2.16. The molecule has 0 saturated heterocycles. The van der Waals surface area contributed by atoms with E-state index in [0.717, 1.165) is 5.56 Å². The molecule has 0 atom stereocenters. The van der Waals surface area contributed by atoms with Crippen molar-refractivity contribution in [2.75, 3.05) is 11.9 Å². The number of benzene rings is 1. The Kier molecular flexibility index (Phi) is 5.44. The van der Waals surface area contributed by atoms with Crippen molar-refractivity contribution in [3.05, 3.63) is 42.5 Å². The fourth-order valence-electron chi connectivity index (χ4n) is 1.43. The van der Waals surface area contributed by atoms with Crippen molar-refractivity contribution in [3.8, 4) is 0 Å². The predicted octanol–water partition coefficient (Wildman–Crippen LogP) is 2.01. The highest BCUT2D eigenvalue weighted by molar-refractivity contribution is 5.90. The maximum atomic E-state index is 11.5. The zero-order valence-corrected chi connectivity index (χ0v) is 9.98. The van der Waals surface area contributed by atoms with Gasteiger partial charge in [0.2, 0.25) is 0 Å². The summed E-state index contributed by atoms with van der Waals surface area (Å²) >= 11 is 0. The molecule has 1 aromatic rings. The second-order valence-corrected chi connectivity index (χ2v) is 3.67. The third-order valence-corrected chi connectivity index (χ3v) is 2.28. The van der Waals surface area contributed by atoms with Gasteiger partial charge in [0.1, 0.15) is 0 Å². The van der Waals surface area contributed by atoms with Gasteiger partial charge >= 0.3 is 12.0 Å². The lowest BCUT2D eigenvalue weighted by atomic mass is 10.1. The Labute approximate surface area is 106 Å². The van der Waals surface area contributed by atoms with Gasteiger partial charge in [0.15, 0.2) is 0 Å². The Morgan fingerprint density at radius 1 is 1.33 bits per heavy atom. The zero-order chi connectivity index (χ0) is 13.4. The largest absolute Gasteiger partial charge is 0.481 e. The van der Waals surface area contributed by atoms with E-state index in [1.165, 1.54) is 0 Å². The number of anilines is 1. The molecule has 2 amide bonds. The van der Waals surface area contributed by atoms with Crippen LogP contribution in [-0.4, -0.2) is 23.7 Å². The second kappa shape index (κ2) is 7.11. The smallest absolute Gasteiger partial charge is 0.319 e. The molecule has 0 heterocycles. The fourth-order valence-corrected chi connectivity index (χ4v) is 1.43. The van der Waals surface area contributed by atoms with Crippen LogP contribution in [0.1, 0.15) is 12.0 Å². The number of rotatable bonds is 6. The van der Waals surface area contributed by atoms with E-state index in [9.17, 15) is 9.59 Å². The van der Waals surface area contributed by atoms with Crippen LogP contribution in [0.25, 0.3) is 0 Å². The molecule has 96 valence electrons. The standard InChI is InChI=1S/C13H16N2O3/c1-2-9-14-13(18)15-11-6-4-3-5-10(11)7-8-12(16)17/h2-6H,1,7-9H2,(H,16,17)(H2,14,15,18). The highest BCUT2D eigenvalue weighted by Gasteiger charge is 2.07. The van der Waals surface area contributed by atoms with E-state index in [2.05, 4.69) is 17.2 Å². The summed E-state index contributed by atoms with van der Waals surface area (Å²) in [6, 6.07) is 6.80. The van der Waals surface area contributed by atoms with Crippen LogP contribution in [0.5, 0.6) is 0 Å². The number of hydrogen-bond donors (Lipinski definition) is 3. The quantitative estimate of drug-likeness (QED) is 0.674. The maximum Gasteiger partial charge on any atom is 0.319 e. The molecule has 0 fully saturated rings. The van der Waals surface area contributed by atoms with E-state index in [1.807, 2.05) is 6.07 Å². The highest BCUT2D eigenvalue weighted by atomic mass is 16.4. The molecule has 0 bridgehead atoms. The number of urea groups is 1. The molecule has 0 aliphatic rings. The lowest BCUT2D eigenvalue weighted by molar-refractivity contribution is -0.136. The third-order valence-electron chi connectivity index (χ3n) is 2.28. The van der Waals surface area contributed by atoms with Crippen molar-refractivity contribution < 1.29 is 14.7 Å². The number of aliphatic carboxylic acids is 1. The lowest BCUT2D eigenvalue weighted by Crippen LogP contribution is -2.29. The first-order chi connectivity index (χ1) is 8.63. The van der Waals surface area contributed by atoms with E-state index in [4.69, 9.17) is 5.11 Å². The number of nitrogens with one attached hydrogen (secondary N) is 2. The van der Waals surface area contributed by atoms with Gasteiger partial charge < -0.3 is 15.7 Å². The molecule has 0 aliphatic carbocycles. The average Bonchev–Trinajstić information content (AvgIpc) is 2.35. The fraction of sp³-hybridized carbons (Fsp3) is 0.231. The van der Waals surface area contributed by atoms with E-state index < -0.39 is 5.97 Å². The van der Waals surface area contributed by atoms with Crippen LogP contribution in [0.15, 0.2) is 36.9 Å². The van der Waals surface area contributed by atoms with Crippen molar-refractivity contribution in [1.29, 1.82) is 0 Å². The minimum Gasteiger partial charge on any atom is -0.481 e. The molecule has 0 saturated carbocycles. The number of amides is 2. The summed E-state index contributed by atoms with van der Waals surface area (Å²) < 4.78 is 0. The van der Waals surface area contributed by atoms with Gasteiger partial charge in [-0.3, -0.25) is 4.79 Å². The molecule has 1 rings (SSSR count). The third kappa shape index (κ3) is 4.69. The van der Waals surface area contributed by atoms with Crippen molar-refractivity contribution in [2.24, 2.45) is 0 Å². The zero-order valence-electron chi connectivity index (χ0n) is 9.98. The first-order valence-electron chi connectivity index (χ1n) is 5.59. The second-order valence-electron chi connectivity index (χ2n) is 3.67. The molecule has 1 aromatic carbocycles. The number of hydrogen-bond acceptors (Lipinski definition) is 2. The van der Waals surface area contributed by atoms with Crippen LogP contribution in [0, 0.1) is 0 Å². The monoisotopic (exact) mass is 248 g/mol. The minimum atomic E-state index is -0.860. The summed E-state index contributed by atoms with van der Waals surface area (Å²) in [4.78, 5) is 22.0. The molecule has 0 spiro atoms. The first kappa shape index (κ1) is 13.8. The molecule has 5 heteroatoms. The number of aryl methyl sites for hydroxylation is 1. The van der Waals surface area contributed by atoms with Gasteiger partial charge in [-0.25, -0.2) is 4.79 Å². The van der Waals surface area contributed by atoms with Gasteiger partial charge in [-0.1, -0.05) is 24.3 Å². The van der Waals surface area contributed by atoms with Gasteiger partial charge in [0, 0.05) is 18.7 Å². The van der Waals surface area contributed by atoms with Gasteiger partial charge in [-0.15, -0.1) is 6.58 Å². The van der Waals surface area contributed by atoms with Crippen molar-refractivity contribution in [1.82, 2.24) is 5.32 Å². The maximum absolute atomic E-state index is 11.5. The van der Waals surface area contributed by atoms with Gasteiger partial charge in [0.05, 0.1) is 0 Å². The first-order valence-corrected chi connectivity index (χ1v) is 5.59. The van der Waals surface area contributed by atoms with Gasteiger partial charge in [0.25, 0.3) is 0 Å². The van der Waals surface area contributed by atoms with Gasteiger partial charge in [-0.05, 0) is 18.1 Å². The molecule has 5 nitrogen and oxygen atoms in total. The molecule has 0 unspecified atom stereocenters. The van der Waals surface area contributed by atoms with Gasteiger partial charge in [-0.2, -0.15) is 0 Å². The Balaban J connectivity index is 2.66. The van der Waals surface area contributed by atoms with Crippen molar-refractivity contribution >= 4 is 17.7 Å².